The van der Waals surface area contributed by atoms with Crippen LogP contribution in [0, 0.1) is 0 Å². The molecule has 0 aliphatic heterocycles. The molecule has 5 heteroatoms. The number of fused-ring (bicyclic) bond motifs is 8. The largest absolute Gasteiger partial charge is 0.456 e. The van der Waals surface area contributed by atoms with Gasteiger partial charge in [-0.1, -0.05) is 133 Å². The summed E-state index contributed by atoms with van der Waals surface area (Å²) < 4.78 is 15.9. The maximum Gasteiger partial charge on any atom is 0.227 e. The van der Waals surface area contributed by atoms with Crippen LogP contribution in [0.15, 0.2) is 197 Å². The standard InChI is InChI=1S/C49H31N3O2/c1-4-17-32(18-5-1)35-23-10-13-27-39(35)52(41-29-16-26-37-36-24-11-14-28-40(36)51(47(37)41)34-21-8-3-9-22-34)42-31-44-45(38-25-12-15-30-43(38)53-44)48-46(42)50-49(54-48)33-19-6-2-7-20-33/h1-31H. The average molecular weight is 694 g/mol. The van der Waals surface area contributed by atoms with Crippen molar-refractivity contribution in [3.8, 4) is 28.3 Å². The second kappa shape index (κ2) is 12.1. The smallest absolute Gasteiger partial charge is 0.227 e. The molecule has 0 fully saturated rings. The normalized spacial score (nSPS) is 11.7. The summed E-state index contributed by atoms with van der Waals surface area (Å²) in [6, 6.07) is 65.4. The first-order valence-electron chi connectivity index (χ1n) is 18.1. The van der Waals surface area contributed by atoms with E-state index in [4.69, 9.17) is 13.8 Å². The van der Waals surface area contributed by atoms with Crippen LogP contribution in [0.25, 0.3) is 83.1 Å². The molecule has 0 unspecified atom stereocenters. The zero-order valence-corrected chi connectivity index (χ0v) is 29.1. The summed E-state index contributed by atoms with van der Waals surface area (Å²) >= 11 is 0. The van der Waals surface area contributed by atoms with Crippen LogP contribution in [0.1, 0.15) is 0 Å². The molecular formula is C49H31N3O2. The number of hydrogen-bond acceptors (Lipinski definition) is 4. The van der Waals surface area contributed by atoms with E-state index in [-0.39, 0.29) is 0 Å². The average Bonchev–Trinajstić information content (AvgIpc) is 3.95. The number of hydrogen-bond donors (Lipinski definition) is 0. The van der Waals surface area contributed by atoms with Crippen LogP contribution in [0.2, 0.25) is 0 Å². The van der Waals surface area contributed by atoms with E-state index in [2.05, 4.69) is 149 Å². The predicted molar refractivity (Wildman–Crippen MR) is 221 cm³/mol. The molecule has 0 saturated carbocycles. The quantitative estimate of drug-likeness (QED) is 0.174. The third kappa shape index (κ3) is 4.62. The van der Waals surface area contributed by atoms with Gasteiger partial charge in [-0.3, -0.25) is 0 Å². The third-order valence-corrected chi connectivity index (χ3v) is 10.4. The lowest BCUT2D eigenvalue weighted by atomic mass is 10.0. The molecule has 11 rings (SSSR count). The van der Waals surface area contributed by atoms with Crippen LogP contribution >= 0.6 is 0 Å². The zero-order valence-electron chi connectivity index (χ0n) is 29.1. The van der Waals surface area contributed by atoms with Gasteiger partial charge in [0.05, 0.1) is 33.5 Å². The van der Waals surface area contributed by atoms with E-state index < -0.39 is 0 Å². The highest BCUT2D eigenvalue weighted by atomic mass is 16.4. The first-order valence-corrected chi connectivity index (χ1v) is 18.1. The van der Waals surface area contributed by atoms with Gasteiger partial charge in [-0.15, -0.1) is 0 Å². The minimum Gasteiger partial charge on any atom is -0.456 e. The summed E-state index contributed by atoms with van der Waals surface area (Å²) in [5, 5.41) is 4.23. The van der Waals surface area contributed by atoms with Gasteiger partial charge in [0.25, 0.3) is 0 Å². The molecule has 5 nitrogen and oxygen atoms in total. The van der Waals surface area contributed by atoms with E-state index in [1.807, 2.05) is 48.5 Å². The molecule has 11 aromatic rings. The molecule has 0 radical (unpaired) electrons. The topological polar surface area (TPSA) is 47.3 Å². The number of rotatable bonds is 6. The van der Waals surface area contributed by atoms with Gasteiger partial charge in [0.2, 0.25) is 5.89 Å². The number of para-hydroxylation sites is 5. The van der Waals surface area contributed by atoms with Crippen molar-refractivity contribution in [1.82, 2.24) is 9.55 Å². The fourth-order valence-corrected chi connectivity index (χ4v) is 8.08. The number of benzene rings is 8. The number of aromatic nitrogens is 2. The lowest BCUT2D eigenvalue weighted by Crippen LogP contribution is -2.13. The van der Waals surface area contributed by atoms with Gasteiger partial charge in [0.15, 0.2) is 5.58 Å². The van der Waals surface area contributed by atoms with E-state index >= 15 is 0 Å². The fourth-order valence-electron chi connectivity index (χ4n) is 8.08. The molecule has 0 spiro atoms. The number of oxazole rings is 1. The summed E-state index contributed by atoms with van der Waals surface area (Å²) in [5.74, 6) is 0.553. The predicted octanol–water partition coefficient (Wildman–Crippen LogP) is 13.6. The van der Waals surface area contributed by atoms with Gasteiger partial charge in [-0.2, -0.15) is 0 Å². The van der Waals surface area contributed by atoms with E-state index in [9.17, 15) is 0 Å². The first-order chi connectivity index (χ1) is 26.8. The Labute approximate surface area is 310 Å². The van der Waals surface area contributed by atoms with Crippen molar-refractivity contribution in [1.29, 1.82) is 0 Å². The molecule has 3 heterocycles. The van der Waals surface area contributed by atoms with Crippen LogP contribution in [0.4, 0.5) is 17.1 Å². The van der Waals surface area contributed by atoms with Crippen molar-refractivity contribution in [3.63, 3.8) is 0 Å². The Morgan fingerprint density at radius 3 is 1.91 bits per heavy atom. The van der Waals surface area contributed by atoms with Gasteiger partial charge in [-0.25, -0.2) is 4.98 Å². The zero-order chi connectivity index (χ0) is 35.6. The summed E-state index contributed by atoms with van der Waals surface area (Å²) in [5.41, 5.74) is 12.2. The Morgan fingerprint density at radius 2 is 1.09 bits per heavy atom. The Hall–Kier alpha value is -7.37. The summed E-state index contributed by atoms with van der Waals surface area (Å²) in [4.78, 5) is 7.70. The minimum absolute atomic E-state index is 0.553. The lowest BCUT2D eigenvalue weighted by Gasteiger charge is -2.29. The van der Waals surface area contributed by atoms with Crippen molar-refractivity contribution in [2.24, 2.45) is 0 Å². The van der Waals surface area contributed by atoms with Gasteiger partial charge >= 0.3 is 0 Å². The maximum absolute atomic E-state index is 6.84. The third-order valence-electron chi connectivity index (χ3n) is 10.4. The molecule has 0 saturated heterocycles. The highest BCUT2D eigenvalue weighted by Gasteiger charge is 2.28. The second-order valence-electron chi connectivity index (χ2n) is 13.5. The molecule has 254 valence electrons. The SMILES string of the molecule is c1ccc(-c2nc3c(N(c4ccccc4-c4ccccc4)c4cccc5c6ccccc6n(-c6ccccc6)c45)cc4oc5ccccc5c4c3o2)cc1. The van der Waals surface area contributed by atoms with Crippen LogP contribution in [0.3, 0.4) is 0 Å². The van der Waals surface area contributed by atoms with Crippen LogP contribution in [0.5, 0.6) is 0 Å². The van der Waals surface area contributed by atoms with Crippen molar-refractivity contribution in [2.75, 3.05) is 4.90 Å². The first kappa shape index (κ1) is 30.3. The lowest BCUT2D eigenvalue weighted by molar-refractivity contribution is 0.622. The van der Waals surface area contributed by atoms with Crippen molar-refractivity contribution >= 4 is 71.9 Å². The molecule has 0 aliphatic carbocycles. The monoisotopic (exact) mass is 693 g/mol. The van der Waals surface area contributed by atoms with Crippen LogP contribution in [-0.4, -0.2) is 9.55 Å². The molecule has 0 N–H and O–H groups in total. The van der Waals surface area contributed by atoms with Crippen molar-refractivity contribution in [2.45, 2.75) is 0 Å². The Bertz CT molecular complexity index is 3160. The molecule has 54 heavy (non-hydrogen) atoms. The molecule has 0 bridgehead atoms. The van der Waals surface area contributed by atoms with Gasteiger partial charge in [0.1, 0.15) is 16.7 Å². The van der Waals surface area contributed by atoms with E-state index in [0.29, 0.717) is 11.5 Å². The van der Waals surface area contributed by atoms with E-state index in [0.717, 1.165) is 83.3 Å². The van der Waals surface area contributed by atoms with Crippen molar-refractivity contribution in [3.05, 3.63) is 188 Å². The van der Waals surface area contributed by atoms with Gasteiger partial charge < -0.3 is 18.3 Å². The Morgan fingerprint density at radius 1 is 0.463 bits per heavy atom. The molecule has 8 aromatic carbocycles. The highest BCUT2D eigenvalue weighted by molar-refractivity contribution is 6.21. The fraction of sp³-hybridized carbons (Fsp3) is 0. The van der Waals surface area contributed by atoms with Crippen molar-refractivity contribution < 1.29 is 8.83 Å². The molecule has 3 aromatic heterocycles. The van der Waals surface area contributed by atoms with Gasteiger partial charge in [-0.05, 0) is 54.1 Å². The molecule has 0 atom stereocenters. The molecular weight excluding hydrogens is 663 g/mol. The highest BCUT2D eigenvalue weighted by Crippen LogP contribution is 2.50. The van der Waals surface area contributed by atoms with Crippen LogP contribution < -0.4 is 4.90 Å². The van der Waals surface area contributed by atoms with E-state index in [1.54, 1.807) is 0 Å². The minimum atomic E-state index is 0.553. The van der Waals surface area contributed by atoms with Crippen LogP contribution in [-0.2, 0) is 0 Å². The second-order valence-corrected chi connectivity index (χ2v) is 13.5. The number of nitrogens with zero attached hydrogens (tertiary/aromatic N) is 3. The molecule has 0 amide bonds. The molecule has 0 aliphatic rings. The van der Waals surface area contributed by atoms with Gasteiger partial charge in [0, 0.05) is 39.0 Å². The Kier molecular flexibility index (Phi) is 6.79. The maximum atomic E-state index is 6.84. The summed E-state index contributed by atoms with van der Waals surface area (Å²) in [6.45, 7) is 0. The summed E-state index contributed by atoms with van der Waals surface area (Å²) in [6.07, 6.45) is 0. The van der Waals surface area contributed by atoms with E-state index in [1.165, 1.54) is 5.39 Å². The number of anilines is 3. The Balaban J connectivity index is 1.32. The summed E-state index contributed by atoms with van der Waals surface area (Å²) in [7, 11) is 0. The number of furan rings is 1.